The van der Waals surface area contributed by atoms with E-state index in [2.05, 4.69) is 26.7 Å². The van der Waals surface area contributed by atoms with Crippen LogP contribution in [0, 0.1) is 0 Å². The number of H-pyrrole nitrogens is 1. The Morgan fingerprint density at radius 2 is 2.27 bits per heavy atom. The lowest BCUT2D eigenvalue weighted by Gasteiger charge is -2.23. The Labute approximate surface area is 86.5 Å². The Kier molecular flexibility index (Phi) is 1.87. The largest absolute Gasteiger partial charge is 0.493 e. The summed E-state index contributed by atoms with van der Waals surface area (Å²) in [6.45, 7) is 0.705. The first kappa shape index (κ1) is 8.40. The number of rotatable bonds is 1. The van der Waals surface area contributed by atoms with Crippen molar-refractivity contribution in [1.29, 1.82) is 0 Å². The first-order valence-corrected chi connectivity index (χ1v) is 4.90. The number of benzene rings is 1. The Balaban J connectivity index is 2.06. The molecule has 76 valence electrons. The molecule has 0 saturated carbocycles. The van der Waals surface area contributed by atoms with E-state index in [0.29, 0.717) is 6.61 Å². The smallest absolute Gasteiger partial charge is 0.182 e. The zero-order valence-electron chi connectivity index (χ0n) is 8.05. The minimum absolute atomic E-state index is 0.202. The Hall–Kier alpha value is -1.91. The summed E-state index contributed by atoms with van der Waals surface area (Å²) in [5.74, 6) is 1.87. The van der Waals surface area contributed by atoms with Gasteiger partial charge >= 0.3 is 0 Å². The van der Waals surface area contributed by atoms with Crippen molar-refractivity contribution in [2.45, 2.75) is 12.3 Å². The second-order valence-corrected chi connectivity index (χ2v) is 3.50. The molecule has 1 aliphatic heterocycles. The van der Waals surface area contributed by atoms with Crippen molar-refractivity contribution in [2.24, 2.45) is 0 Å². The third-order valence-corrected chi connectivity index (χ3v) is 2.63. The molecule has 1 aromatic carbocycles. The van der Waals surface area contributed by atoms with Crippen molar-refractivity contribution in [3.8, 4) is 5.75 Å². The Morgan fingerprint density at radius 1 is 1.33 bits per heavy atom. The van der Waals surface area contributed by atoms with E-state index in [9.17, 15) is 0 Å². The maximum Gasteiger partial charge on any atom is 0.182 e. The van der Waals surface area contributed by atoms with E-state index < -0.39 is 0 Å². The fourth-order valence-electron chi connectivity index (χ4n) is 1.93. The van der Waals surface area contributed by atoms with Crippen molar-refractivity contribution in [3.63, 3.8) is 0 Å². The maximum absolute atomic E-state index is 5.57. The minimum Gasteiger partial charge on any atom is -0.493 e. The maximum atomic E-state index is 5.57. The number of aromatic amines is 1. The summed E-state index contributed by atoms with van der Waals surface area (Å²) in [6, 6.07) is 8.00. The van der Waals surface area contributed by atoms with Crippen molar-refractivity contribution < 1.29 is 4.74 Å². The highest BCUT2D eigenvalue weighted by atomic mass is 16.5. The standard InChI is InChI=1S/C10H10N4O/c1-2-4-9-7(3-1)8(5-6-15-9)10-11-13-14-12-10/h1-4,8H,5-6H2,(H,11,12,13,14). The van der Waals surface area contributed by atoms with Crippen LogP contribution < -0.4 is 4.74 Å². The van der Waals surface area contributed by atoms with Crippen LogP contribution in [0.5, 0.6) is 5.75 Å². The lowest BCUT2D eigenvalue weighted by atomic mass is 9.93. The predicted octanol–water partition coefficient (Wildman–Crippen LogP) is 1.11. The summed E-state index contributed by atoms with van der Waals surface area (Å²) in [5, 5.41) is 14.2. The molecule has 0 amide bonds. The molecule has 15 heavy (non-hydrogen) atoms. The van der Waals surface area contributed by atoms with Crippen molar-refractivity contribution >= 4 is 0 Å². The molecule has 1 unspecified atom stereocenters. The van der Waals surface area contributed by atoms with Crippen molar-refractivity contribution in [1.82, 2.24) is 20.6 Å². The molecule has 1 aliphatic rings. The van der Waals surface area contributed by atoms with Crippen molar-refractivity contribution in [3.05, 3.63) is 35.7 Å². The fourth-order valence-corrected chi connectivity index (χ4v) is 1.93. The van der Waals surface area contributed by atoms with Crippen LogP contribution in [0.15, 0.2) is 24.3 Å². The van der Waals surface area contributed by atoms with E-state index in [1.54, 1.807) is 0 Å². The monoisotopic (exact) mass is 202 g/mol. The van der Waals surface area contributed by atoms with Crippen LogP contribution in [0.1, 0.15) is 23.7 Å². The zero-order chi connectivity index (χ0) is 10.1. The van der Waals surface area contributed by atoms with Crippen LogP contribution >= 0.6 is 0 Å². The third kappa shape index (κ3) is 1.36. The number of aromatic nitrogens is 4. The molecule has 3 rings (SSSR count). The Bertz CT molecular complexity index is 454. The van der Waals surface area contributed by atoms with Gasteiger partial charge in [-0.25, -0.2) is 0 Å². The van der Waals surface area contributed by atoms with Crippen molar-refractivity contribution in [2.75, 3.05) is 6.61 Å². The van der Waals surface area contributed by atoms with E-state index in [1.165, 1.54) is 0 Å². The molecule has 0 radical (unpaired) electrons. The minimum atomic E-state index is 0.202. The van der Waals surface area contributed by atoms with Gasteiger partial charge < -0.3 is 4.74 Å². The first-order valence-electron chi connectivity index (χ1n) is 4.90. The summed E-state index contributed by atoms with van der Waals surface area (Å²) in [6.07, 6.45) is 0.899. The van der Waals surface area contributed by atoms with E-state index in [-0.39, 0.29) is 5.92 Å². The second-order valence-electron chi connectivity index (χ2n) is 3.50. The molecular weight excluding hydrogens is 192 g/mol. The van der Waals surface area contributed by atoms with E-state index in [1.807, 2.05) is 18.2 Å². The molecule has 0 bridgehead atoms. The summed E-state index contributed by atoms with van der Waals surface area (Å²) in [7, 11) is 0. The second kappa shape index (κ2) is 3.34. The molecule has 1 atom stereocenters. The van der Waals surface area contributed by atoms with Gasteiger partial charge in [0.05, 0.1) is 12.5 Å². The lowest BCUT2D eigenvalue weighted by Crippen LogP contribution is -2.16. The molecular formula is C10H10N4O. The number of nitrogens with zero attached hydrogens (tertiary/aromatic N) is 3. The van der Waals surface area contributed by atoms with Gasteiger partial charge in [0, 0.05) is 5.56 Å². The molecule has 1 N–H and O–H groups in total. The summed E-state index contributed by atoms with van der Waals surface area (Å²) < 4.78 is 5.57. The van der Waals surface area contributed by atoms with Crippen LogP contribution in [-0.2, 0) is 0 Å². The molecule has 0 fully saturated rings. The molecule has 1 aromatic heterocycles. The first-order chi connectivity index (χ1) is 7.45. The molecule has 0 aliphatic carbocycles. The van der Waals surface area contributed by atoms with Crippen LogP contribution in [0.4, 0.5) is 0 Å². The number of ether oxygens (including phenoxy) is 1. The SMILES string of the molecule is c1ccc2c(c1)OCCC2c1nn[nH]n1. The van der Waals surface area contributed by atoms with Crippen LogP contribution in [0.2, 0.25) is 0 Å². The van der Waals surface area contributed by atoms with Gasteiger partial charge in [0.2, 0.25) is 0 Å². The predicted molar refractivity (Wildman–Crippen MR) is 52.6 cm³/mol. The zero-order valence-corrected chi connectivity index (χ0v) is 8.05. The highest BCUT2D eigenvalue weighted by Gasteiger charge is 2.25. The summed E-state index contributed by atoms with van der Waals surface area (Å²) in [5.41, 5.74) is 1.14. The van der Waals surface area contributed by atoms with Gasteiger partial charge in [-0.3, -0.25) is 0 Å². The van der Waals surface area contributed by atoms with E-state index >= 15 is 0 Å². The molecule has 2 heterocycles. The number of fused-ring (bicyclic) bond motifs is 1. The average molecular weight is 202 g/mol. The number of nitrogens with one attached hydrogen (secondary N) is 1. The van der Waals surface area contributed by atoms with Crippen LogP contribution in [-0.4, -0.2) is 27.2 Å². The normalized spacial score (nSPS) is 19.3. The number of para-hydroxylation sites is 1. The van der Waals surface area contributed by atoms with Gasteiger partial charge in [0.15, 0.2) is 5.82 Å². The van der Waals surface area contributed by atoms with E-state index in [4.69, 9.17) is 4.74 Å². The van der Waals surface area contributed by atoms with Gasteiger partial charge in [0.1, 0.15) is 5.75 Å². The van der Waals surface area contributed by atoms with Gasteiger partial charge in [0.25, 0.3) is 0 Å². The van der Waals surface area contributed by atoms with Crippen LogP contribution in [0.3, 0.4) is 0 Å². The topological polar surface area (TPSA) is 63.7 Å². The third-order valence-electron chi connectivity index (χ3n) is 2.63. The lowest BCUT2D eigenvalue weighted by molar-refractivity contribution is 0.274. The van der Waals surface area contributed by atoms with Gasteiger partial charge in [-0.15, -0.1) is 10.2 Å². The Morgan fingerprint density at radius 3 is 3.13 bits per heavy atom. The number of hydrogen-bond donors (Lipinski definition) is 1. The molecule has 0 spiro atoms. The van der Waals surface area contributed by atoms with Crippen LogP contribution in [0.25, 0.3) is 0 Å². The van der Waals surface area contributed by atoms with Gasteiger partial charge in [-0.05, 0) is 12.5 Å². The molecule has 5 nitrogen and oxygen atoms in total. The average Bonchev–Trinajstić information content (AvgIpc) is 2.82. The molecule has 2 aromatic rings. The quantitative estimate of drug-likeness (QED) is 0.752. The molecule has 5 heteroatoms. The highest BCUT2D eigenvalue weighted by molar-refractivity contribution is 5.40. The van der Waals surface area contributed by atoms with Gasteiger partial charge in [-0.1, -0.05) is 23.4 Å². The highest BCUT2D eigenvalue weighted by Crippen LogP contribution is 2.35. The summed E-state index contributed by atoms with van der Waals surface area (Å²) in [4.78, 5) is 0. The molecule has 0 saturated heterocycles. The number of hydrogen-bond acceptors (Lipinski definition) is 4. The van der Waals surface area contributed by atoms with E-state index in [0.717, 1.165) is 23.6 Å². The summed E-state index contributed by atoms with van der Waals surface area (Å²) >= 11 is 0. The fraction of sp³-hybridized carbons (Fsp3) is 0.300. The number of tetrazole rings is 1. The van der Waals surface area contributed by atoms with Gasteiger partial charge in [-0.2, -0.15) is 5.21 Å².